The molecular weight excluding hydrogens is 264 g/mol. The number of hydrogen-bond acceptors (Lipinski definition) is 5. The Balaban J connectivity index is 2.21. The Kier molecular flexibility index (Phi) is 5.37. The van der Waals surface area contributed by atoms with Gasteiger partial charge in [0.25, 0.3) is 0 Å². The van der Waals surface area contributed by atoms with E-state index in [2.05, 4.69) is 27.5 Å². The molecule has 2 N–H and O–H groups in total. The molecule has 2 aromatic rings. The summed E-state index contributed by atoms with van der Waals surface area (Å²) in [6.07, 6.45) is 1.86. The number of nitrogens with zero attached hydrogens (tertiary/aromatic N) is 2. The highest BCUT2D eigenvalue weighted by molar-refractivity contribution is 5.60. The van der Waals surface area contributed by atoms with Crippen molar-refractivity contribution < 1.29 is 4.74 Å². The maximum Gasteiger partial charge on any atom is 0.136 e. The number of aromatic nitrogens is 2. The smallest absolute Gasteiger partial charge is 0.136 e. The first-order valence-electron chi connectivity index (χ1n) is 7.28. The Hall–Kier alpha value is -2.30. The first kappa shape index (κ1) is 15.1. The van der Waals surface area contributed by atoms with Crippen LogP contribution >= 0.6 is 0 Å². The second kappa shape index (κ2) is 7.47. The molecule has 0 saturated heterocycles. The van der Waals surface area contributed by atoms with Gasteiger partial charge in [0.15, 0.2) is 0 Å². The average Bonchev–Trinajstić information content (AvgIpc) is 2.52. The zero-order chi connectivity index (χ0) is 15.1. The van der Waals surface area contributed by atoms with Crippen molar-refractivity contribution in [3.63, 3.8) is 0 Å². The van der Waals surface area contributed by atoms with Crippen molar-refractivity contribution in [3.8, 4) is 5.75 Å². The lowest BCUT2D eigenvalue weighted by Gasteiger charge is -2.11. The summed E-state index contributed by atoms with van der Waals surface area (Å²) < 4.78 is 5.23. The van der Waals surface area contributed by atoms with Crippen molar-refractivity contribution in [1.29, 1.82) is 0 Å². The molecule has 0 fully saturated rings. The summed E-state index contributed by atoms with van der Waals surface area (Å²) in [5.74, 6) is 3.28. The van der Waals surface area contributed by atoms with Gasteiger partial charge in [-0.3, -0.25) is 0 Å². The lowest BCUT2D eigenvalue weighted by molar-refractivity contribution is 0.415. The maximum absolute atomic E-state index is 5.23. The molecular formula is C16H22N4O. The topological polar surface area (TPSA) is 59.1 Å². The number of nitrogens with one attached hydrogen (secondary N) is 2. The van der Waals surface area contributed by atoms with Crippen LogP contribution in [0.15, 0.2) is 30.3 Å². The van der Waals surface area contributed by atoms with E-state index in [9.17, 15) is 0 Å². The standard InChI is InChI=1S/C16H22N4O/c1-4-9-17-15-11-16(20-14(5-2)19-15)18-12-7-6-8-13(10-12)21-3/h6-8,10-11H,4-5,9H2,1-3H3,(H2,17,18,19,20). The van der Waals surface area contributed by atoms with Crippen LogP contribution < -0.4 is 15.4 Å². The van der Waals surface area contributed by atoms with Gasteiger partial charge in [-0.05, 0) is 18.6 Å². The molecule has 0 aliphatic carbocycles. The number of ether oxygens (including phenoxy) is 1. The molecule has 1 aromatic carbocycles. The summed E-state index contributed by atoms with van der Waals surface area (Å²) >= 11 is 0. The third-order valence-electron chi connectivity index (χ3n) is 2.99. The van der Waals surface area contributed by atoms with Gasteiger partial charge in [-0.15, -0.1) is 0 Å². The summed E-state index contributed by atoms with van der Waals surface area (Å²) in [7, 11) is 1.66. The molecule has 0 aliphatic rings. The molecule has 21 heavy (non-hydrogen) atoms. The highest BCUT2D eigenvalue weighted by Crippen LogP contribution is 2.21. The zero-order valence-corrected chi connectivity index (χ0v) is 12.8. The molecule has 0 saturated carbocycles. The fourth-order valence-electron chi connectivity index (χ4n) is 1.91. The number of benzene rings is 1. The fourth-order valence-corrected chi connectivity index (χ4v) is 1.91. The van der Waals surface area contributed by atoms with Gasteiger partial charge in [-0.2, -0.15) is 0 Å². The van der Waals surface area contributed by atoms with Crippen LogP contribution in [0, 0.1) is 0 Å². The van der Waals surface area contributed by atoms with Crippen molar-refractivity contribution in [2.75, 3.05) is 24.3 Å². The summed E-state index contributed by atoms with van der Waals surface area (Å²) in [6, 6.07) is 9.70. The largest absolute Gasteiger partial charge is 0.497 e. The fraction of sp³-hybridized carbons (Fsp3) is 0.375. The third kappa shape index (κ3) is 4.34. The van der Waals surface area contributed by atoms with E-state index in [1.807, 2.05) is 37.3 Å². The van der Waals surface area contributed by atoms with Crippen molar-refractivity contribution in [2.24, 2.45) is 0 Å². The van der Waals surface area contributed by atoms with Crippen molar-refractivity contribution in [1.82, 2.24) is 9.97 Å². The second-order valence-electron chi connectivity index (χ2n) is 4.69. The highest BCUT2D eigenvalue weighted by atomic mass is 16.5. The zero-order valence-electron chi connectivity index (χ0n) is 12.8. The molecule has 1 heterocycles. The van der Waals surface area contributed by atoms with Crippen molar-refractivity contribution in [2.45, 2.75) is 26.7 Å². The van der Waals surface area contributed by atoms with Gasteiger partial charge in [-0.25, -0.2) is 9.97 Å². The Bertz CT molecular complexity index is 586. The van der Waals surface area contributed by atoms with E-state index in [4.69, 9.17) is 4.74 Å². The quantitative estimate of drug-likeness (QED) is 0.814. The SMILES string of the molecule is CCCNc1cc(Nc2cccc(OC)c2)nc(CC)n1. The van der Waals surface area contributed by atoms with Crippen LogP contribution in [0.5, 0.6) is 5.75 Å². The number of anilines is 3. The Morgan fingerprint density at radius 2 is 1.90 bits per heavy atom. The Labute approximate surface area is 125 Å². The van der Waals surface area contributed by atoms with Gasteiger partial charge < -0.3 is 15.4 Å². The summed E-state index contributed by atoms with van der Waals surface area (Å²) in [5, 5.41) is 6.60. The molecule has 0 atom stereocenters. The van der Waals surface area contributed by atoms with E-state index < -0.39 is 0 Å². The summed E-state index contributed by atoms with van der Waals surface area (Å²) in [6.45, 7) is 5.08. The van der Waals surface area contributed by atoms with Crippen LogP contribution in [0.1, 0.15) is 26.1 Å². The molecule has 112 valence electrons. The number of rotatable bonds is 7. The van der Waals surface area contributed by atoms with Gasteiger partial charge in [0, 0.05) is 30.8 Å². The molecule has 0 amide bonds. The van der Waals surface area contributed by atoms with Gasteiger partial charge in [0.1, 0.15) is 23.2 Å². The third-order valence-corrected chi connectivity index (χ3v) is 2.99. The molecule has 5 nitrogen and oxygen atoms in total. The highest BCUT2D eigenvalue weighted by Gasteiger charge is 2.04. The second-order valence-corrected chi connectivity index (χ2v) is 4.69. The minimum absolute atomic E-state index is 0.786. The minimum atomic E-state index is 0.786. The van der Waals surface area contributed by atoms with Crippen LogP contribution in [0.4, 0.5) is 17.3 Å². The van der Waals surface area contributed by atoms with Crippen LogP contribution in [-0.2, 0) is 6.42 Å². The van der Waals surface area contributed by atoms with Gasteiger partial charge in [0.2, 0.25) is 0 Å². The Morgan fingerprint density at radius 3 is 2.62 bits per heavy atom. The number of hydrogen-bond donors (Lipinski definition) is 2. The van der Waals surface area contributed by atoms with E-state index in [0.29, 0.717) is 0 Å². The van der Waals surface area contributed by atoms with Gasteiger partial charge >= 0.3 is 0 Å². The minimum Gasteiger partial charge on any atom is -0.497 e. The van der Waals surface area contributed by atoms with Crippen molar-refractivity contribution >= 4 is 17.3 Å². The van der Waals surface area contributed by atoms with Crippen LogP contribution in [-0.4, -0.2) is 23.6 Å². The number of methoxy groups -OCH3 is 1. The molecule has 0 bridgehead atoms. The lowest BCUT2D eigenvalue weighted by atomic mass is 10.3. The molecule has 5 heteroatoms. The molecule has 0 unspecified atom stereocenters. The average molecular weight is 286 g/mol. The molecule has 1 aromatic heterocycles. The number of aryl methyl sites for hydroxylation is 1. The molecule has 0 radical (unpaired) electrons. The van der Waals surface area contributed by atoms with Crippen molar-refractivity contribution in [3.05, 3.63) is 36.2 Å². The molecule has 0 spiro atoms. The van der Waals surface area contributed by atoms with Gasteiger partial charge in [0.05, 0.1) is 7.11 Å². The summed E-state index contributed by atoms with van der Waals surface area (Å²) in [4.78, 5) is 8.99. The van der Waals surface area contributed by atoms with E-state index in [1.54, 1.807) is 7.11 Å². The van der Waals surface area contributed by atoms with E-state index >= 15 is 0 Å². The predicted octanol–water partition coefficient (Wildman–Crippen LogP) is 3.61. The Morgan fingerprint density at radius 1 is 1.10 bits per heavy atom. The maximum atomic E-state index is 5.23. The van der Waals surface area contributed by atoms with Crippen LogP contribution in [0.25, 0.3) is 0 Å². The van der Waals surface area contributed by atoms with Crippen LogP contribution in [0.2, 0.25) is 0 Å². The predicted molar refractivity (Wildman–Crippen MR) is 86.5 cm³/mol. The van der Waals surface area contributed by atoms with E-state index in [-0.39, 0.29) is 0 Å². The first-order chi connectivity index (χ1) is 10.2. The first-order valence-corrected chi connectivity index (χ1v) is 7.28. The van der Waals surface area contributed by atoms with Crippen LogP contribution in [0.3, 0.4) is 0 Å². The molecule has 0 aliphatic heterocycles. The van der Waals surface area contributed by atoms with E-state index in [0.717, 1.165) is 48.3 Å². The molecule has 2 rings (SSSR count). The normalized spacial score (nSPS) is 10.2. The van der Waals surface area contributed by atoms with Gasteiger partial charge in [-0.1, -0.05) is 19.9 Å². The monoisotopic (exact) mass is 286 g/mol. The van der Waals surface area contributed by atoms with E-state index in [1.165, 1.54) is 0 Å². The lowest BCUT2D eigenvalue weighted by Crippen LogP contribution is -2.06. The summed E-state index contributed by atoms with van der Waals surface area (Å²) in [5.41, 5.74) is 0.941.